The van der Waals surface area contributed by atoms with E-state index in [2.05, 4.69) is 20.3 Å². The second-order valence-electron chi connectivity index (χ2n) is 3.89. The van der Waals surface area contributed by atoms with E-state index in [1.54, 1.807) is 14.0 Å². The van der Waals surface area contributed by atoms with Crippen molar-refractivity contribution in [2.45, 2.75) is 13.1 Å². The van der Waals surface area contributed by atoms with E-state index in [9.17, 15) is 13.2 Å². The average molecular weight is 268 g/mol. The molecule has 19 heavy (non-hydrogen) atoms. The fourth-order valence-electron chi connectivity index (χ4n) is 1.66. The molecule has 0 bridgehead atoms. The number of halogens is 3. The van der Waals surface area contributed by atoms with Crippen LogP contribution in [0.4, 0.5) is 19.1 Å². The van der Waals surface area contributed by atoms with Crippen LogP contribution in [0.3, 0.4) is 0 Å². The summed E-state index contributed by atoms with van der Waals surface area (Å²) in [6.07, 6.45) is -2.18. The van der Waals surface area contributed by atoms with Gasteiger partial charge in [0.15, 0.2) is 0 Å². The lowest BCUT2D eigenvalue weighted by molar-refractivity contribution is -0.137. The van der Waals surface area contributed by atoms with Crippen molar-refractivity contribution in [3.63, 3.8) is 0 Å². The van der Waals surface area contributed by atoms with Crippen LogP contribution >= 0.6 is 0 Å². The number of aromatic nitrogens is 3. The van der Waals surface area contributed by atoms with Gasteiger partial charge in [-0.25, -0.2) is 9.97 Å². The molecule has 0 saturated heterocycles. The van der Waals surface area contributed by atoms with Crippen molar-refractivity contribution in [1.82, 2.24) is 15.0 Å². The first-order valence-electron chi connectivity index (χ1n) is 5.47. The first-order chi connectivity index (χ1) is 8.91. The Hall–Kier alpha value is -2.18. The maximum absolute atomic E-state index is 12.9. The predicted molar refractivity (Wildman–Crippen MR) is 64.5 cm³/mol. The van der Waals surface area contributed by atoms with E-state index in [0.29, 0.717) is 5.69 Å². The van der Waals surface area contributed by atoms with Gasteiger partial charge >= 0.3 is 6.18 Å². The lowest BCUT2D eigenvalue weighted by Gasteiger charge is -2.12. The van der Waals surface area contributed by atoms with E-state index in [-0.39, 0.29) is 17.2 Å². The second kappa shape index (κ2) is 4.83. The maximum Gasteiger partial charge on any atom is 0.417 e. The van der Waals surface area contributed by atoms with Gasteiger partial charge in [-0.3, -0.25) is 4.98 Å². The zero-order chi connectivity index (χ0) is 14.0. The number of nitrogens with one attached hydrogen (secondary N) is 1. The Balaban J connectivity index is 2.62. The Morgan fingerprint density at radius 3 is 2.58 bits per heavy atom. The molecule has 2 heterocycles. The molecule has 0 radical (unpaired) electrons. The summed E-state index contributed by atoms with van der Waals surface area (Å²) in [5, 5.41) is 2.71. The first-order valence-corrected chi connectivity index (χ1v) is 5.47. The Kier molecular flexibility index (Phi) is 3.37. The minimum absolute atomic E-state index is 0.0583. The largest absolute Gasteiger partial charge is 0.417 e. The highest BCUT2D eigenvalue weighted by Crippen LogP contribution is 2.35. The number of aryl methyl sites for hydroxylation is 1. The molecule has 0 unspecified atom stereocenters. The van der Waals surface area contributed by atoms with Gasteiger partial charge < -0.3 is 5.32 Å². The Bertz CT molecular complexity index is 596. The molecular formula is C12H11F3N4. The molecule has 0 amide bonds. The number of nitrogens with zero attached hydrogens (tertiary/aromatic N) is 3. The van der Waals surface area contributed by atoms with Gasteiger partial charge in [-0.05, 0) is 19.1 Å². The molecule has 7 heteroatoms. The third-order valence-electron chi connectivity index (χ3n) is 2.48. The molecule has 0 aromatic carbocycles. The van der Waals surface area contributed by atoms with E-state index < -0.39 is 11.7 Å². The smallest absolute Gasteiger partial charge is 0.357 e. The number of hydrogen-bond donors (Lipinski definition) is 1. The normalized spacial score (nSPS) is 11.4. The summed E-state index contributed by atoms with van der Waals surface area (Å²) < 4.78 is 38.8. The van der Waals surface area contributed by atoms with E-state index in [1.165, 1.54) is 6.07 Å². The molecule has 0 aliphatic rings. The van der Waals surface area contributed by atoms with Crippen LogP contribution < -0.4 is 5.32 Å². The van der Waals surface area contributed by atoms with Gasteiger partial charge in [0.1, 0.15) is 0 Å². The number of alkyl halides is 3. The van der Waals surface area contributed by atoms with Crippen molar-refractivity contribution < 1.29 is 13.2 Å². The Morgan fingerprint density at radius 1 is 1.21 bits per heavy atom. The fraction of sp³-hybridized carbons (Fsp3) is 0.250. The molecule has 0 aliphatic carbocycles. The summed E-state index contributed by atoms with van der Waals surface area (Å²) in [6.45, 7) is 1.69. The molecule has 4 nitrogen and oxygen atoms in total. The monoisotopic (exact) mass is 268 g/mol. The first kappa shape index (κ1) is 13.3. The van der Waals surface area contributed by atoms with Gasteiger partial charge in [0.25, 0.3) is 0 Å². The standard InChI is InChI=1S/C12H11F3N4/c1-7-5-10(19-11(16-2)18-7)8-6-17-4-3-9(8)12(13,14)15/h3-6H,1-2H3,(H,16,18,19). The summed E-state index contributed by atoms with van der Waals surface area (Å²) in [5.41, 5.74) is -0.0525. The summed E-state index contributed by atoms with van der Waals surface area (Å²) in [4.78, 5) is 11.8. The van der Waals surface area contributed by atoms with Gasteiger partial charge in [0.05, 0.1) is 11.3 Å². The van der Waals surface area contributed by atoms with Gasteiger partial charge in [0.2, 0.25) is 5.95 Å². The number of pyridine rings is 1. The van der Waals surface area contributed by atoms with Crippen molar-refractivity contribution in [3.05, 3.63) is 35.8 Å². The molecular weight excluding hydrogens is 257 g/mol. The molecule has 2 aromatic heterocycles. The van der Waals surface area contributed by atoms with Crippen LogP contribution in [0.15, 0.2) is 24.5 Å². The number of rotatable bonds is 2. The molecule has 2 aromatic rings. The molecule has 0 spiro atoms. The van der Waals surface area contributed by atoms with Crippen LogP contribution in [0.2, 0.25) is 0 Å². The lowest BCUT2D eigenvalue weighted by atomic mass is 10.1. The van der Waals surface area contributed by atoms with Crippen LogP contribution in [0.25, 0.3) is 11.3 Å². The third-order valence-corrected chi connectivity index (χ3v) is 2.48. The van der Waals surface area contributed by atoms with Gasteiger partial charge in [-0.2, -0.15) is 13.2 Å². The zero-order valence-electron chi connectivity index (χ0n) is 10.3. The van der Waals surface area contributed by atoms with Crippen molar-refractivity contribution in [1.29, 1.82) is 0 Å². The summed E-state index contributed by atoms with van der Waals surface area (Å²) in [7, 11) is 1.60. The number of hydrogen-bond acceptors (Lipinski definition) is 4. The summed E-state index contributed by atoms with van der Waals surface area (Å²) in [6, 6.07) is 2.43. The summed E-state index contributed by atoms with van der Waals surface area (Å²) >= 11 is 0. The van der Waals surface area contributed by atoms with Crippen LogP contribution in [-0.2, 0) is 6.18 Å². The molecule has 100 valence electrons. The maximum atomic E-state index is 12.9. The highest BCUT2D eigenvalue weighted by molar-refractivity contribution is 5.64. The molecule has 0 saturated carbocycles. The SMILES string of the molecule is CNc1nc(C)cc(-c2cnccc2C(F)(F)F)n1. The van der Waals surface area contributed by atoms with E-state index in [0.717, 1.165) is 18.5 Å². The Labute approximate surface area is 107 Å². The van der Waals surface area contributed by atoms with Crippen LogP contribution in [0.5, 0.6) is 0 Å². The van der Waals surface area contributed by atoms with Crippen LogP contribution in [0.1, 0.15) is 11.3 Å². The molecule has 0 atom stereocenters. The summed E-state index contributed by atoms with van der Waals surface area (Å²) in [5.74, 6) is 0.270. The van der Waals surface area contributed by atoms with Crippen molar-refractivity contribution in [2.75, 3.05) is 12.4 Å². The van der Waals surface area contributed by atoms with Crippen molar-refractivity contribution in [3.8, 4) is 11.3 Å². The average Bonchev–Trinajstić information content (AvgIpc) is 2.37. The fourth-order valence-corrected chi connectivity index (χ4v) is 1.66. The highest BCUT2D eigenvalue weighted by Gasteiger charge is 2.34. The van der Waals surface area contributed by atoms with Crippen LogP contribution in [0, 0.1) is 6.92 Å². The van der Waals surface area contributed by atoms with E-state index in [4.69, 9.17) is 0 Å². The lowest BCUT2D eigenvalue weighted by Crippen LogP contribution is -2.08. The molecule has 0 fully saturated rings. The van der Waals surface area contributed by atoms with Gasteiger partial charge in [-0.1, -0.05) is 0 Å². The van der Waals surface area contributed by atoms with Gasteiger partial charge in [-0.15, -0.1) is 0 Å². The topological polar surface area (TPSA) is 50.7 Å². The number of anilines is 1. The van der Waals surface area contributed by atoms with Crippen molar-refractivity contribution in [2.24, 2.45) is 0 Å². The second-order valence-corrected chi connectivity index (χ2v) is 3.89. The molecule has 1 N–H and O–H groups in total. The van der Waals surface area contributed by atoms with Crippen molar-refractivity contribution >= 4 is 5.95 Å². The third kappa shape index (κ3) is 2.81. The van der Waals surface area contributed by atoms with E-state index in [1.807, 2.05) is 0 Å². The van der Waals surface area contributed by atoms with E-state index >= 15 is 0 Å². The highest BCUT2D eigenvalue weighted by atomic mass is 19.4. The van der Waals surface area contributed by atoms with Gasteiger partial charge in [0, 0.05) is 30.7 Å². The molecule has 0 aliphatic heterocycles. The molecule has 2 rings (SSSR count). The predicted octanol–water partition coefficient (Wildman–Crippen LogP) is 2.91. The quantitative estimate of drug-likeness (QED) is 0.909. The minimum Gasteiger partial charge on any atom is -0.357 e. The minimum atomic E-state index is -4.45. The van der Waals surface area contributed by atoms with Crippen LogP contribution in [-0.4, -0.2) is 22.0 Å². The zero-order valence-corrected chi connectivity index (χ0v) is 10.3. The Morgan fingerprint density at radius 2 is 1.95 bits per heavy atom.